The van der Waals surface area contributed by atoms with Crippen LogP contribution in [-0.4, -0.2) is 0 Å². The molecule has 0 radical (unpaired) electrons. The molecule has 1 unspecified atom stereocenters. The average molecular weight is 235 g/mol. The van der Waals surface area contributed by atoms with Gasteiger partial charge in [0.05, 0.1) is 12.0 Å². The van der Waals surface area contributed by atoms with Crippen LogP contribution in [0.2, 0.25) is 0 Å². The van der Waals surface area contributed by atoms with Gasteiger partial charge >= 0.3 is 0 Å². The summed E-state index contributed by atoms with van der Waals surface area (Å²) in [6.45, 7) is 4.17. The Morgan fingerprint density at radius 2 is 1.56 bits per heavy atom. The number of hydrogen-bond donors (Lipinski definition) is 0. The van der Waals surface area contributed by atoms with E-state index in [2.05, 4.69) is 44.2 Å². The molecule has 0 spiro atoms. The summed E-state index contributed by atoms with van der Waals surface area (Å²) in [5.41, 5.74) is 4.85. The predicted molar refractivity (Wildman–Crippen MR) is 74.4 cm³/mol. The second-order valence-electron chi connectivity index (χ2n) is 4.67. The second kappa shape index (κ2) is 5.51. The molecule has 0 aliphatic heterocycles. The van der Waals surface area contributed by atoms with E-state index in [9.17, 15) is 5.26 Å². The average Bonchev–Trinajstić information content (AvgIpc) is 2.39. The molecule has 1 heteroatoms. The van der Waals surface area contributed by atoms with Crippen LogP contribution in [0.15, 0.2) is 48.5 Å². The number of aryl methyl sites for hydroxylation is 2. The smallest absolute Gasteiger partial charge is 0.0755 e. The van der Waals surface area contributed by atoms with Crippen molar-refractivity contribution < 1.29 is 0 Å². The molecule has 1 atom stereocenters. The van der Waals surface area contributed by atoms with Gasteiger partial charge in [-0.15, -0.1) is 0 Å². The molecule has 0 saturated carbocycles. The molecule has 0 fully saturated rings. The molecule has 1 nitrogen and oxygen atoms in total. The predicted octanol–water partition coefficient (Wildman–Crippen LogP) is 4.15. The summed E-state index contributed by atoms with van der Waals surface area (Å²) >= 11 is 0. The topological polar surface area (TPSA) is 23.8 Å². The zero-order valence-electron chi connectivity index (χ0n) is 10.9. The highest BCUT2D eigenvalue weighted by Crippen LogP contribution is 2.24. The van der Waals surface area contributed by atoms with Crippen molar-refractivity contribution >= 4 is 0 Å². The Kier molecular flexibility index (Phi) is 3.79. The van der Waals surface area contributed by atoms with Gasteiger partial charge in [0, 0.05) is 0 Å². The molecule has 0 aromatic heterocycles. The standard InChI is InChI=1S/C17H17N/c1-13-7-3-5-9-15(13)11-16(12-18)17-10-6-4-8-14(17)2/h3-10,16H,11H2,1-2H3. The fraction of sp³-hybridized carbons (Fsp3) is 0.235. The van der Waals surface area contributed by atoms with E-state index in [1.54, 1.807) is 0 Å². The van der Waals surface area contributed by atoms with Crippen LogP contribution >= 0.6 is 0 Å². The van der Waals surface area contributed by atoms with Gasteiger partial charge in [-0.25, -0.2) is 0 Å². The summed E-state index contributed by atoms with van der Waals surface area (Å²) in [7, 11) is 0. The highest BCUT2D eigenvalue weighted by atomic mass is 14.3. The first-order chi connectivity index (χ1) is 8.72. The van der Waals surface area contributed by atoms with E-state index in [4.69, 9.17) is 0 Å². The molecule has 2 rings (SSSR count). The van der Waals surface area contributed by atoms with Crippen LogP contribution in [0.4, 0.5) is 0 Å². The van der Waals surface area contributed by atoms with Gasteiger partial charge in [-0.3, -0.25) is 0 Å². The molecule has 0 bridgehead atoms. The first-order valence-electron chi connectivity index (χ1n) is 6.22. The highest BCUT2D eigenvalue weighted by Gasteiger charge is 2.14. The number of nitrogens with zero attached hydrogens (tertiary/aromatic N) is 1. The first-order valence-corrected chi connectivity index (χ1v) is 6.22. The lowest BCUT2D eigenvalue weighted by molar-refractivity contribution is 0.835. The molecule has 0 amide bonds. The van der Waals surface area contributed by atoms with Crippen LogP contribution in [0.1, 0.15) is 28.2 Å². The van der Waals surface area contributed by atoms with Crippen LogP contribution in [0.25, 0.3) is 0 Å². The first kappa shape index (κ1) is 12.4. The SMILES string of the molecule is Cc1ccccc1CC(C#N)c1ccccc1C. The molecule has 0 aliphatic rings. The van der Waals surface area contributed by atoms with Gasteiger partial charge in [0.15, 0.2) is 0 Å². The summed E-state index contributed by atoms with van der Waals surface area (Å²) in [6, 6.07) is 18.9. The van der Waals surface area contributed by atoms with Gasteiger partial charge in [-0.2, -0.15) is 5.26 Å². The van der Waals surface area contributed by atoms with Gasteiger partial charge in [-0.1, -0.05) is 48.5 Å². The van der Waals surface area contributed by atoms with Gasteiger partial charge < -0.3 is 0 Å². The summed E-state index contributed by atoms with van der Waals surface area (Å²) in [5, 5.41) is 9.41. The number of nitriles is 1. The van der Waals surface area contributed by atoms with Crippen molar-refractivity contribution in [1.82, 2.24) is 0 Å². The summed E-state index contributed by atoms with van der Waals surface area (Å²) in [4.78, 5) is 0. The molecule has 2 aromatic rings. The van der Waals surface area contributed by atoms with E-state index in [-0.39, 0.29) is 5.92 Å². The van der Waals surface area contributed by atoms with Crippen molar-refractivity contribution in [1.29, 1.82) is 5.26 Å². The fourth-order valence-electron chi connectivity index (χ4n) is 2.26. The van der Waals surface area contributed by atoms with E-state index in [0.29, 0.717) is 0 Å². The number of rotatable bonds is 3. The van der Waals surface area contributed by atoms with E-state index in [1.165, 1.54) is 16.7 Å². The Hall–Kier alpha value is -2.07. The Labute approximate surface area is 109 Å². The normalized spacial score (nSPS) is 11.8. The second-order valence-corrected chi connectivity index (χ2v) is 4.67. The Morgan fingerprint density at radius 1 is 0.944 bits per heavy atom. The summed E-state index contributed by atoms with van der Waals surface area (Å²) < 4.78 is 0. The van der Waals surface area contributed by atoms with Crippen molar-refractivity contribution in [2.75, 3.05) is 0 Å². The van der Waals surface area contributed by atoms with Crippen LogP contribution in [-0.2, 0) is 6.42 Å². The lowest BCUT2D eigenvalue weighted by Gasteiger charge is -2.13. The van der Waals surface area contributed by atoms with Crippen molar-refractivity contribution in [2.45, 2.75) is 26.2 Å². The zero-order chi connectivity index (χ0) is 13.0. The van der Waals surface area contributed by atoms with Crippen LogP contribution < -0.4 is 0 Å². The third kappa shape index (κ3) is 2.60. The largest absolute Gasteiger partial charge is 0.198 e. The van der Waals surface area contributed by atoms with E-state index in [0.717, 1.165) is 12.0 Å². The van der Waals surface area contributed by atoms with Gasteiger partial charge in [0.25, 0.3) is 0 Å². The third-order valence-corrected chi connectivity index (χ3v) is 3.41. The van der Waals surface area contributed by atoms with Crippen LogP contribution in [0.5, 0.6) is 0 Å². The summed E-state index contributed by atoms with van der Waals surface area (Å²) in [6.07, 6.45) is 0.786. The molecule has 0 heterocycles. The lowest BCUT2D eigenvalue weighted by atomic mass is 9.89. The molecule has 0 N–H and O–H groups in total. The number of benzene rings is 2. The fourth-order valence-corrected chi connectivity index (χ4v) is 2.26. The highest BCUT2D eigenvalue weighted by molar-refractivity contribution is 5.36. The number of hydrogen-bond acceptors (Lipinski definition) is 1. The minimum absolute atomic E-state index is 0.0627. The van der Waals surface area contributed by atoms with Crippen LogP contribution in [0.3, 0.4) is 0 Å². The van der Waals surface area contributed by atoms with Crippen molar-refractivity contribution in [3.63, 3.8) is 0 Å². The molecule has 0 aliphatic carbocycles. The van der Waals surface area contributed by atoms with Crippen molar-refractivity contribution in [3.8, 4) is 6.07 Å². The zero-order valence-corrected chi connectivity index (χ0v) is 10.9. The molecule has 2 aromatic carbocycles. The maximum Gasteiger partial charge on any atom is 0.0755 e. The monoisotopic (exact) mass is 235 g/mol. The molecule has 0 saturated heterocycles. The molecular formula is C17H17N. The quantitative estimate of drug-likeness (QED) is 0.784. The summed E-state index contributed by atoms with van der Waals surface area (Å²) in [5.74, 6) is -0.0627. The van der Waals surface area contributed by atoms with E-state index >= 15 is 0 Å². The minimum atomic E-state index is -0.0627. The van der Waals surface area contributed by atoms with Gasteiger partial charge in [0.2, 0.25) is 0 Å². The lowest BCUT2D eigenvalue weighted by Crippen LogP contribution is -2.03. The molecule has 18 heavy (non-hydrogen) atoms. The van der Waals surface area contributed by atoms with Crippen molar-refractivity contribution in [3.05, 3.63) is 70.8 Å². The van der Waals surface area contributed by atoms with Gasteiger partial charge in [0.1, 0.15) is 0 Å². The third-order valence-electron chi connectivity index (χ3n) is 3.41. The van der Waals surface area contributed by atoms with Crippen LogP contribution in [0, 0.1) is 25.2 Å². The minimum Gasteiger partial charge on any atom is -0.198 e. The Bertz CT molecular complexity index is 578. The molecule has 90 valence electrons. The van der Waals surface area contributed by atoms with Gasteiger partial charge in [-0.05, 0) is 42.5 Å². The van der Waals surface area contributed by atoms with Crippen molar-refractivity contribution in [2.24, 2.45) is 0 Å². The van der Waals surface area contributed by atoms with E-state index < -0.39 is 0 Å². The maximum atomic E-state index is 9.41. The Balaban J connectivity index is 2.30. The Morgan fingerprint density at radius 3 is 2.17 bits per heavy atom. The molecular weight excluding hydrogens is 218 g/mol. The maximum absolute atomic E-state index is 9.41. The van der Waals surface area contributed by atoms with E-state index in [1.807, 2.05) is 24.3 Å².